The molecule has 0 bridgehead atoms. The van der Waals surface area contributed by atoms with Gasteiger partial charge in [0.2, 0.25) is 0 Å². The van der Waals surface area contributed by atoms with Gasteiger partial charge in [-0.1, -0.05) is 33.1 Å². The van der Waals surface area contributed by atoms with Crippen LogP contribution >= 0.6 is 0 Å². The van der Waals surface area contributed by atoms with Crippen LogP contribution in [0.1, 0.15) is 59.8 Å². The number of esters is 2. The summed E-state index contributed by atoms with van der Waals surface area (Å²) in [5, 5.41) is 0. The Labute approximate surface area is 129 Å². The molecule has 0 saturated carbocycles. The molecule has 0 aliphatic carbocycles. The first kappa shape index (κ1) is 22.2. The molecular weight excluding hydrogens is 272 g/mol. The lowest BCUT2D eigenvalue weighted by Crippen LogP contribution is -2.11. The Kier molecular flexibility index (Phi) is 17.9. The van der Waals surface area contributed by atoms with Gasteiger partial charge in [0.15, 0.2) is 0 Å². The second kappa shape index (κ2) is 17.0. The predicted molar refractivity (Wildman–Crippen MR) is 83.1 cm³/mol. The summed E-state index contributed by atoms with van der Waals surface area (Å²) >= 11 is 0. The van der Waals surface area contributed by atoms with E-state index in [9.17, 15) is 9.59 Å². The standard InChI is InChI=1S/C10H20O2.C6H12O3/c1-4-6-7-10(5-2)8-12-9(3)11;1-6(7)9-5-3-4-8-2/h10H,4-8H2,1-3H3;3-5H2,1-2H3. The van der Waals surface area contributed by atoms with Crippen LogP contribution in [0.5, 0.6) is 0 Å². The van der Waals surface area contributed by atoms with Crippen molar-refractivity contribution in [3.63, 3.8) is 0 Å². The van der Waals surface area contributed by atoms with Crippen LogP contribution in [0.4, 0.5) is 0 Å². The summed E-state index contributed by atoms with van der Waals surface area (Å²) in [6.07, 6.45) is 5.51. The Bertz CT molecular complexity index is 253. The molecule has 0 aromatic rings. The number of carbonyl (C=O) groups is 2. The molecule has 0 aromatic heterocycles. The molecule has 0 amide bonds. The topological polar surface area (TPSA) is 61.8 Å². The Morgan fingerprint density at radius 1 is 0.952 bits per heavy atom. The molecule has 5 nitrogen and oxygen atoms in total. The first-order chi connectivity index (χ1) is 9.97. The van der Waals surface area contributed by atoms with Crippen LogP contribution in [0, 0.1) is 5.92 Å². The van der Waals surface area contributed by atoms with E-state index in [1.807, 2.05) is 0 Å². The van der Waals surface area contributed by atoms with Crippen molar-refractivity contribution in [2.75, 3.05) is 26.9 Å². The first-order valence-corrected chi connectivity index (χ1v) is 7.73. The van der Waals surface area contributed by atoms with E-state index in [2.05, 4.69) is 18.6 Å². The Balaban J connectivity index is 0. The van der Waals surface area contributed by atoms with Crippen LogP contribution in [-0.2, 0) is 23.8 Å². The number of hydrogen-bond donors (Lipinski definition) is 0. The molecule has 0 spiro atoms. The van der Waals surface area contributed by atoms with Gasteiger partial charge < -0.3 is 14.2 Å². The lowest BCUT2D eigenvalue weighted by Gasteiger charge is -2.13. The van der Waals surface area contributed by atoms with Gasteiger partial charge in [0.1, 0.15) is 0 Å². The molecule has 0 fully saturated rings. The van der Waals surface area contributed by atoms with Crippen LogP contribution in [0.25, 0.3) is 0 Å². The monoisotopic (exact) mass is 304 g/mol. The SMILES string of the molecule is CCCCC(CC)COC(C)=O.COCCCOC(C)=O. The fraction of sp³-hybridized carbons (Fsp3) is 0.875. The van der Waals surface area contributed by atoms with Gasteiger partial charge in [0.05, 0.1) is 13.2 Å². The van der Waals surface area contributed by atoms with Gasteiger partial charge in [-0.15, -0.1) is 0 Å². The maximum atomic E-state index is 10.5. The second-order valence-corrected chi connectivity index (χ2v) is 4.91. The maximum absolute atomic E-state index is 10.5. The minimum atomic E-state index is -0.230. The molecule has 1 atom stereocenters. The van der Waals surface area contributed by atoms with Gasteiger partial charge in [-0.2, -0.15) is 0 Å². The summed E-state index contributed by atoms with van der Waals surface area (Å²) in [7, 11) is 1.62. The largest absolute Gasteiger partial charge is 0.466 e. The molecule has 0 aromatic carbocycles. The number of ether oxygens (including phenoxy) is 3. The van der Waals surface area contributed by atoms with Gasteiger partial charge in [-0.05, 0) is 12.3 Å². The summed E-state index contributed by atoms with van der Waals surface area (Å²) in [4.78, 5) is 20.7. The second-order valence-electron chi connectivity index (χ2n) is 4.91. The van der Waals surface area contributed by atoms with Gasteiger partial charge in [-0.25, -0.2) is 0 Å². The molecule has 0 rings (SSSR count). The van der Waals surface area contributed by atoms with Crippen LogP contribution in [0.15, 0.2) is 0 Å². The summed E-state index contributed by atoms with van der Waals surface area (Å²) < 4.78 is 14.3. The predicted octanol–water partition coefficient (Wildman–Crippen LogP) is 3.35. The van der Waals surface area contributed by atoms with Crippen molar-refractivity contribution >= 4 is 11.9 Å². The molecule has 0 aliphatic heterocycles. The van der Waals surface area contributed by atoms with Crippen molar-refractivity contribution in [1.29, 1.82) is 0 Å². The molecule has 1 unspecified atom stereocenters. The normalized spacial score (nSPS) is 11.1. The quantitative estimate of drug-likeness (QED) is 0.457. The average Bonchev–Trinajstić information content (AvgIpc) is 2.44. The first-order valence-electron chi connectivity index (χ1n) is 7.73. The highest BCUT2D eigenvalue weighted by Crippen LogP contribution is 2.12. The van der Waals surface area contributed by atoms with E-state index in [1.165, 1.54) is 33.1 Å². The summed E-state index contributed by atoms with van der Waals surface area (Å²) in [6.45, 7) is 8.89. The van der Waals surface area contributed by atoms with Crippen LogP contribution in [0.3, 0.4) is 0 Å². The number of unbranched alkanes of at least 4 members (excludes halogenated alkanes) is 1. The summed E-state index contributed by atoms with van der Waals surface area (Å²) in [5.41, 5.74) is 0. The summed E-state index contributed by atoms with van der Waals surface area (Å²) in [5.74, 6) is 0.171. The van der Waals surface area contributed by atoms with Gasteiger partial charge in [0, 0.05) is 34.0 Å². The van der Waals surface area contributed by atoms with Gasteiger partial charge in [0.25, 0.3) is 0 Å². The van der Waals surface area contributed by atoms with Crippen molar-refractivity contribution in [1.82, 2.24) is 0 Å². The van der Waals surface area contributed by atoms with Crippen LogP contribution in [0.2, 0.25) is 0 Å². The fourth-order valence-corrected chi connectivity index (χ4v) is 1.55. The highest BCUT2D eigenvalue weighted by molar-refractivity contribution is 5.66. The molecule has 21 heavy (non-hydrogen) atoms. The summed E-state index contributed by atoms with van der Waals surface area (Å²) in [6, 6.07) is 0. The zero-order valence-corrected chi connectivity index (χ0v) is 14.3. The van der Waals surface area contributed by atoms with Crippen molar-refractivity contribution < 1.29 is 23.8 Å². The maximum Gasteiger partial charge on any atom is 0.302 e. The molecule has 0 radical (unpaired) electrons. The number of methoxy groups -OCH3 is 1. The molecule has 0 heterocycles. The van der Waals surface area contributed by atoms with E-state index in [1.54, 1.807) is 7.11 Å². The van der Waals surface area contributed by atoms with Crippen molar-refractivity contribution in [2.45, 2.75) is 59.8 Å². The van der Waals surface area contributed by atoms with Crippen molar-refractivity contribution in [3.05, 3.63) is 0 Å². The average molecular weight is 304 g/mol. The third-order valence-electron chi connectivity index (χ3n) is 2.86. The lowest BCUT2D eigenvalue weighted by atomic mass is 10.0. The van der Waals surface area contributed by atoms with Gasteiger partial charge in [-0.3, -0.25) is 9.59 Å². The molecule has 126 valence electrons. The number of rotatable bonds is 10. The van der Waals surface area contributed by atoms with Crippen molar-refractivity contribution in [3.8, 4) is 0 Å². The Morgan fingerprint density at radius 2 is 1.57 bits per heavy atom. The van der Waals surface area contributed by atoms with Crippen LogP contribution in [-0.4, -0.2) is 38.9 Å². The van der Waals surface area contributed by atoms with Crippen LogP contribution < -0.4 is 0 Å². The highest BCUT2D eigenvalue weighted by atomic mass is 16.5. The van der Waals surface area contributed by atoms with Gasteiger partial charge >= 0.3 is 11.9 Å². The van der Waals surface area contributed by atoms with E-state index >= 15 is 0 Å². The molecular formula is C16H32O5. The number of hydrogen-bond acceptors (Lipinski definition) is 5. The third kappa shape index (κ3) is 21.4. The van der Waals surface area contributed by atoms with E-state index < -0.39 is 0 Å². The molecule has 0 N–H and O–H groups in total. The fourth-order valence-electron chi connectivity index (χ4n) is 1.55. The molecule has 5 heteroatoms. The smallest absolute Gasteiger partial charge is 0.302 e. The van der Waals surface area contributed by atoms with E-state index in [-0.39, 0.29) is 11.9 Å². The Hall–Kier alpha value is -1.10. The van der Waals surface area contributed by atoms with E-state index in [0.717, 1.165) is 12.8 Å². The Morgan fingerprint density at radius 3 is 2.00 bits per heavy atom. The highest BCUT2D eigenvalue weighted by Gasteiger charge is 2.06. The van der Waals surface area contributed by atoms with E-state index in [0.29, 0.717) is 25.7 Å². The van der Waals surface area contributed by atoms with Crippen molar-refractivity contribution in [2.24, 2.45) is 5.92 Å². The minimum Gasteiger partial charge on any atom is -0.466 e. The minimum absolute atomic E-state index is 0.162. The number of carbonyl (C=O) groups excluding carboxylic acids is 2. The lowest BCUT2D eigenvalue weighted by molar-refractivity contribution is -0.143. The molecule has 0 saturated heterocycles. The van der Waals surface area contributed by atoms with E-state index in [4.69, 9.17) is 9.47 Å². The molecule has 0 aliphatic rings. The zero-order chi connectivity index (χ0) is 16.5. The third-order valence-corrected chi connectivity index (χ3v) is 2.86. The zero-order valence-electron chi connectivity index (χ0n) is 14.3.